The predicted molar refractivity (Wildman–Crippen MR) is 113 cm³/mol. The van der Waals surface area contributed by atoms with Crippen LogP contribution in [0.15, 0.2) is 65.8 Å². The molecule has 0 bridgehead atoms. The van der Waals surface area contributed by atoms with Crippen LogP contribution in [0.1, 0.15) is 19.3 Å². The number of likely N-dealkylation sites (tertiary alicyclic amines) is 1. The summed E-state index contributed by atoms with van der Waals surface area (Å²) in [6, 6.07) is 11.7. The minimum absolute atomic E-state index is 0.0816. The van der Waals surface area contributed by atoms with Gasteiger partial charge in [-0.3, -0.25) is 14.1 Å². The second-order valence-electron chi connectivity index (χ2n) is 7.28. The maximum Gasteiger partial charge on any atom is 0.265 e. The summed E-state index contributed by atoms with van der Waals surface area (Å²) in [5, 5.41) is 1.20. The number of hydrogen-bond donors (Lipinski definition) is 0. The van der Waals surface area contributed by atoms with Gasteiger partial charge in [-0.1, -0.05) is 12.1 Å². The van der Waals surface area contributed by atoms with Gasteiger partial charge in [0.05, 0.1) is 10.6 Å². The molecule has 30 heavy (non-hydrogen) atoms. The van der Waals surface area contributed by atoms with Gasteiger partial charge in [-0.25, -0.2) is 12.8 Å². The highest BCUT2D eigenvalue weighted by molar-refractivity contribution is 7.93. The molecule has 156 valence electrons. The minimum atomic E-state index is -4.09. The summed E-state index contributed by atoms with van der Waals surface area (Å²) < 4.78 is 41.9. The Morgan fingerprint density at radius 2 is 1.77 bits per heavy atom. The van der Waals surface area contributed by atoms with Crippen molar-refractivity contribution in [3.8, 4) is 0 Å². The van der Waals surface area contributed by atoms with Crippen LogP contribution in [-0.2, 0) is 14.8 Å². The van der Waals surface area contributed by atoms with E-state index in [4.69, 9.17) is 0 Å². The molecule has 1 fully saturated rings. The Labute approximate surface area is 175 Å². The molecule has 3 aromatic rings. The van der Waals surface area contributed by atoms with E-state index in [2.05, 4.69) is 4.98 Å². The van der Waals surface area contributed by atoms with E-state index in [1.54, 1.807) is 29.3 Å². The molecule has 0 saturated carbocycles. The van der Waals surface area contributed by atoms with Crippen LogP contribution in [-0.4, -0.2) is 43.8 Å². The Hall–Kier alpha value is -3.00. The Balaban J connectivity index is 1.77. The third-order valence-corrected chi connectivity index (χ3v) is 7.14. The summed E-state index contributed by atoms with van der Waals surface area (Å²) in [5.74, 6) is -0.737. The van der Waals surface area contributed by atoms with Crippen LogP contribution in [0.4, 0.5) is 10.1 Å². The van der Waals surface area contributed by atoms with Crippen molar-refractivity contribution in [2.75, 3.05) is 23.9 Å². The van der Waals surface area contributed by atoms with Gasteiger partial charge in [-0.15, -0.1) is 0 Å². The molecule has 0 unspecified atom stereocenters. The first-order valence-electron chi connectivity index (χ1n) is 9.86. The fourth-order valence-corrected chi connectivity index (χ4v) is 5.36. The van der Waals surface area contributed by atoms with Gasteiger partial charge < -0.3 is 4.90 Å². The number of rotatable bonds is 5. The molecular formula is C22H22FN3O3S. The number of piperidine rings is 1. The van der Waals surface area contributed by atoms with E-state index in [0.717, 1.165) is 23.6 Å². The Morgan fingerprint density at radius 1 is 1.03 bits per heavy atom. The molecule has 0 N–H and O–H groups in total. The maximum absolute atomic E-state index is 13.7. The number of anilines is 1. The maximum atomic E-state index is 13.7. The number of amides is 1. The van der Waals surface area contributed by atoms with E-state index in [0.29, 0.717) is 23.9 Å². The van der Waals surface area contributed by atoms with Crippen LogP contribution in [0.5, 0.6) is 0 Å². The number of sulfonamides is 1. The second-order valence-corrected chi connectivity index (χ2v) is 9.11. The molecule has 6 nitrogen and oxygen atoms in total. The SMILES string of the molecule is O=C(CN(c1ccc(F)cc1)S(=O)(=O)c1cccc2cnccc12)N1CCCCC1. The summed E-state index contributed by atoms with van der Waals surface area (Å²) in [4.78, 5) is 18.8. The number of fused-ring (bicyclic) bond motifs is 1. The van der Waals surface area contributed by atoms with Crippen molar-refractivity contribution >= 4 is 32.4 Å². The Kier molecular flexibility index (Phi) is 5.67. The quantitative estimate of drug-likeness (QED) is 0.624. The number of carbonyl (C=O) groups is 1. The van der Waals surface area contributed by atoms with E-state index < -0.39 is 15.8 Å². The first kappa shape index (κ1) is 20.3. The molecule has 2 aromatic carbocycles. The summed E-state index contributed by atoms with van der Waals surface area (Å²) in [7, 11) is -4.09. The van der Waals surface area contributed by atoms with Crippen LogP contribution in [0.2, 0.25) is 0 Å². The number of benzene rings is 2. The summed E-state index contributed by atoms with van der Waals surface area (Å²) in [6.07, 6.45) is 6.00. The molecule has 0 spiro atoms. The Bertz CT molecular complexity index is 1150. The lowest BCUT2D eigenvalue weighted by molar-refractivity contribution is -0.130. The lowest BCUT2D eigenvalue weighted by atomic mass is 10.1. The molecule has 8 heteroatoms. The van der Waals surface area contributed by atoms with E-state index in [1.165, 1.54) is 36.5 Å². The lowest BCUT2D eigenvalue weighted by Crippen LogP contribution is -2.44. The fourth-order valence-electron chi connectivity index (χ4n) is 3.73. The van der Waals surface area contributed by atoms with Gasteiger partial charge in [0, 0.05) is 36.3 Å². The van der Waals surface area contributed by atoms with Gasteiger partial charge >= 0.3 is 0 Å². The van der Waals surface area contributed by atoms with Crippen molar-refractivity contribution in [2.24, 2.45) is 0 Å². The predicted octanol–water partition coefficient (Wildman–Crippen LogP) is 3.58. The summed E-state index contributed by atoms with van der Waals surface area (Å²) in [5.41, 5.74) is 0.243. The third kappa shape index (κ3) is 4.00. The summed E-state index contributed by atoms with van der Waals surface area (Å²) in [6.45, 7) is 0.904. The van der Waals surface area contributed by atoms with Crippen molar-refractivity contribution in [1.29, 1.82) is 0 Å². The molecule has 2 heterocycles. The highest BCUT2D eigenvalue weighted by Gasteiger charge is 2.30. The van der Waals surface area contributed by atoms with E-state index >= 15 is 0 Å². The first-order chi connectivity index (χ1) is 14.5. The molecule has 1 aliphatic heterocycles. The fraction of sp³-hybridized carbons (Fsp3) is 0.273. The molecule has 0 atom stereocenters. The number of carbonyl (C=O) groups excluding carboxylic acids is 1. The molecule has 1 aromatic heterocycles. The van der Waals surface area contributed by atoms with Crippen molar-refractivity contribution in [3.63, 3.8) is 0 Å². The highest BCUT2D eigenvalue weighted by atomic mass is 32.2. The number of nitrogens with zero attached hydrogens (tertiary/aromatic N) is 3. The molecule has 1 aliphatic rings. The van der Waals surface area contributed by atoms with Crippen molar-refractivity contribution in [3.05, 3.63) is 66.7 Å². The molecule has 4 rings (SSSR count). The number of pyridine rings is 1. The standard InChI is InChI=1S/C22H22FN3O3S/c23-18-7-9-19(10-8-18)26(16-22(27)25-13-2-1-3-14-25)30(28,29)21-6-4-5-17-15-24-12-11-20(17)21/h4-12,15H,1-3,13-14,16H2. The number of halogens is 1. The number of aromatic nitrogens is 1. The van der Waals surface area contributed by atoms with Gasteiger partial charge in [-0.05, 0) is 55.7 Å². The van der Waals surface area contributed by atoms with Crippen LogP contribution in [0.25, 0.3) is 10.8 Å². The van der Waals surface area contributed by atoms with E-state index in [9.17, 15) is 17.6 Å². The van der Waals surface area contributed by atoms with Crippen molar-refractivity contribution < 1.29 is 17.6 Å². The monoisotopic (exact) mass is 427 g/mol. The number of hydrogen-bond acceptors (Lipinski definition) is 4. The molecule has 1 saturated heterocycles. The first-order valence-corrected chi connectivity index (χ1v) is 11.3. The van der Waals surface area contributed by atoms with Gasteiger partial charge in [0.25, 0.3) is 10.0 Å². The zero-order valence-electron chi connectivity index (χ0n) is 16.4. The molecule has 0 radical (unpaired) electrons. The van der Waals surface area contributed by atoms with Gasteiger partial charge in [0.2, 0.25) is 5.91 Å². The normalized spacial score (nSPS) is 14.6. The van der Waals surface area contributed by atoms with E-state index in [-0.39, 0.29) is 23.0 Å². The smallest absolute Gasteiger partial charge is 0.265 e. The lowest BCUT2D eigenvalue weighted by Gasteiger charge is -2.30. The van der Waals surface area contributed by atoms with Gasteiger partial charge in [0.1, 0.15) is 12.4 Å². The zero-order valence-corrected chi connectivity index (χ0v) is 17.2. The third-order valence-electron chi connectivity index (χ3n) is 5.31. The van der Waals surface area contributed by atoms with E-state index in [1.807, 2.05) is 0 Å². The highest BCUT2D eigenvalue weighted by Crippen LogP contribution is 2.29. The van der Waals surface area contributed by atoms with Crippen LogP contribution in [0.3, 0.4) is 0 Å². The zero-order chi connectivity index (χ0) is 21.1. The average molecular weight is 428 g/mol. The second kappa shape index (κ2) is 8.39. The Morgan fingerprint density at radius 3 is 2.50 bits per heavy atom. The minimum Gasteiger partial charge on any atom is -0.341 e. The van der Waals surface area contributed by atoms with Crippen molar-refractivity contribution in [1.82, 2.24) is 9.88 Å². The van der Waals surface area contributed by atoms with Gasteiger partial charge in [-0.2, -0.15) is 0 Å². The summed E-state index contributed by atoms with van der Waals surface area (Å²) >= 11 is 0. The van der Waals surface area contributed by atoms with Crippen LogP contribution >= 0.6 is 0 Å². The average Bonchev–Trinajstić information content (AvgIpc) is 2.78. The molecule has 0 aliphatic carbocycles. The molecular weight excluding hydrogens is 405 g/mol. The largest absolute Gasteiger partial charge is 0.341 e. The van der Waals surface area contributed by atoms with Gasteiger partial charge in [0.15, 0.2) is 0 Å². The van der Waals surface area contributed by atoms with Crippen LogP contribution < -0.4 is 4.31 Å². The van der Waals surface area contributed by atoms with Crippen LogP contribution in [0, 0.1) is 5.82 Å². The topological polar surface area (TPSA) is 70.6 Å². The molecule has 1 amide bonds. The van der Waals surface area contributed by atoms with Crippen molar-refractivity contribution in [2.45, 2.75) is 24.2 Å².